The molecule has 0 amide bonds. The van der Waals surface area contributed by atoms with E-state index in [1.165, 1.54) is 24.8 Å². The lowest BCUT2D eigenvalue weighted by molar-refractivity contribution is 0.00578. The molecule has 1 aromatic carbocycles. The van der Waals surface area contributed by atoms with Crippen LogP contribution in [0, 0.1) is 0 Å². The molecule has 4 heteroatoms. The minimum atomic E-state index is -0.283. The monoisotopic (exact) mass is 339 g/mol. The first kappa shape index (κ1) is 17.3. The van der Waals surface area contributed by atoms with E-state index in [2.05, 4.69) is 70.0 Å². The fourth-order valence-corrected chi connectivity index (χ4v) is 4.30. The van der Waals surface area contributed by atoms with Crippen molar-refractivity contribution >= 4 is 12.6 Å². The zero-order valence-electron chi connectivity index (χ0n) is 16.2. The van der Waals surface area contributed by atoms with Crippen LogP contribution in [0.15, 0.2) is 35.9 Å². The van der Waals surface area contributed by atoms with Crippen LogP contribution in [0.25, 0.3) is 0 Å². The Balaban J connectivity index is 1.44. The van der Waals surface area contributed by atoms with E-state index in [0.29, 0.717) is 6.04 Å². The maximum Gasteiger partial charge on any atom is 0.494 e. The highest BCUT2D eigenvalue weighted by atomic mass is 16.7. The lowest BCUT2D eigenvalue weighted by Gasteiger charge is -2.32. The fraction of sp³-hybridized carbons (Fsp3) is 0.619. The summed E-state index contributed by atoms with van der Waals surface area (Å²) in [6.07, 6.45) is 7.48. The predicted molar refractivity (Wildman–Crippen MR) is 103 cm³/mol. The van der Waals surface area contributed by atoms with E-state index >= 15 is 0 Å². The van der Waals surface area contributed by atoms with Crippen LogP contribution in [0.4, 0.5) is 0 Å². The van der Waals surface area contributed by atoms with Gasteiger partial charge in [0.2, 0.25) is 0 Å². The molecule has 0 N–H and O–H groups in total. The van der Waals surface area contributed by atoms with Crippen LogP contribution < -0.4 is 5.46 Å². The molecule has 3 aliphatic heterocycles. The Morgan fingerprint density at radius 3 is 2.28 bits per heavy atom. The van der Waals surface area contributed by atoms with Crippen LogP contribution in [-0.4, -0.2) is 42.4 Å². The molecule has 2 atom stereocenters. The average molecular weight is 339 g/mol. The van der Waals surface area contributed by atoms with Crippen LogP contribution in [0.3, 0.4) is 0 Å². The summed E-state index contributed by atoms with van der Waals surface area (Å²) in [6.45, 7) is 8.40. The molecule has 0 spiro atoms. The van der Waals surface area contributed by atoms with Gasteiger partial charge in [0.1, 0.15) is 0 Å². The normalized spacial score (nSPS) is 30.6. The Labute approximate surface area is 152 Å². The predicted octanol–water partition coefficient (Wildman–Crippen LogP) is 3.32. The van der Waals surface area contributed by atoms with Crippen molar-refractivity contribution in [2.45, 2.75) is 76.7 Å². The molecule has 4 rings (SSSR count). The van der Waals surface area contributed by atoms with Gasteiger partial charge in [-0.25, -0.2) is 0 Å². The second-order valence-electron chi connectivity index (χ2n) is 9.00. The number of fused-ring (bicyclic) bond motifs is 2. The van der Waals surface area contributed by atoms with Gasteiger partial charge in [0.05, 0.1) is 11.2 Å². The summed E-state index contributed by atoms with van der Waals surface area (Å²) in [6, 6.07) is 10.2. The second kappa shape index (κ2) is 5.97. The molecule has 0 saturated carbocycles. The van der Waals surface area contributed by atoms with Gasteiger partial charge in [-0.3, -0.25) is 4.90 Å². The Morgan fingerprint density at radius 2 is 1.68 bits per heavy atom. The minimum Gasteiger partial charge on any atom is -0.399 e. The van der Waals surface area contributed by atoms with Gasteiger partial charge in [0, 0.05) is 12.1 Å². The molecule has 1 aromatic rings. The average Bonchev–Trinajstić information content (AvgIpc) is 2.88. The van der Waals surface area contributed by atoms with Gasteiger partial charge >= 0.3 is 7.12 Å². The molecule has 2 fully saturated rings. The number of hydrogen-bond acceptors (Lipinski definition) is 3. The van der Waals surface area contributed by atoms with Gasteiger partial charge in [-0.2, -0.15) is 0 Å². The van der Waals surface area contributed by atoms with Gasteiger partial charge in [0.15, 0.2) is 0 Å². The third kappa shape index (κ3) is 3.09. The SMILES string of the molecule is CN1C2C=C(Cc3ccc(B4OC(C)(C)C(C)(C)O4)cc3)CC1CC2. The Hall–Kier alpha value is -1.10. The van der Waals surface area contributed by atoms with Crippen LogP contribution in [0.1, 0.15) is 52.5 Å². The van der Waals surface area contributed by atoms with Crippen molar-refractivity contribution in [3.8, 4) is 0 Å². The summed E-state index contributed by atoms with van der Waals surface area (Å²) in [5, 5.41) is 0. The van der Waals surface area contributed by atoms with E-state index in [0.717, 1.165) is 17.9 Å². The van der Waals surface area contributed by atoms with Gasteiger partial charge in [-0.1, -0.05) is 35.9 Å². The highest BCUT2D eigenvalue weighted by molar-refractivity contribution is 6.62. The van der Waals surface area contributed by atoms with Crippen molar-refractivity contribution in [1.29, 1.82) is 0 Å². The fourth-order valence-electron chi connectivity index (χ4n) is 4.30. The van der Waals surface area contributed by atoms with Crippen LogP contribution >= 0.6 is 0 Å². The highest BCUT2D eigenvalue weighted by Gasteiger charge is 2.51. The van der Waals surface area contributed by atoms with E-state index in [1.807, 2.05) is 0 Å². The van der Waals surface area contributed by atoms with Gasteiger partial charge < -0.3 is 9.31 Å². The number of rotatable bonds is 3. The Bertz CT molecular complexity index is 664. The topological polar surface area (TPSA) is 21.7 Å². The van der Waals surface area contributed by atoms with Crippen molar-refractivity contribution in [1.82, 2.24) is 4.90 Å². The summed E-state index contributed by atoms with van der Waals surface area (Å²) >= 11 is 0. The molecule has 134 valence electrons. The van der Waals surface area contributed by atoms with E-state index in [4.69, 9.17) is 9.31 Å². The van der Waals surface area contributed by atoms with E-state index < -0.39 is 0 Å². The van der Waals surface area contributed by atoms with Crippen LogP contribution in [0.2, 0.25) is 0 Å². The molecule has 2 unspecified atom stereocenters. The maximum atomic E-state index is 6.15. The summed E-state index contributed by atoms with van der Waals surface area (Å²) in [5.74, 6) is 0. The number of nitrogens with zero attached hydrogens (tertiary/aromatic N) is 1. The lowest BCUT2D eigenvalue weighted by Crippen LogP contribution is -2.41. The standard InChI is InChI=1S/C21H30BNO2/c1-20(2)21(3,4)25-22(24-20)17-8-6-15(7-9-17)12-16-13-18-10-11-19(14-16)23(18)5/h6-9,13,18-19H,10-12,14H2,1-5H3. The van der Waals surface area contributed by atoms with Crippen molar-refractivity contribution in [3.05, 3.63) is 41.5 Å². The van der Waals surface area contributed by atoms with Crippen molar-refractivity contribution < 1.29 is 9.31 Å². The molecule has 0 aliphatic carbocycles. The number of likely N-dealkylation sites (N-methyl/N-ethyl adjacent to an activating group) is 1. The second-order valence-corrected chi connectivity index (χ2v) is 9.00. The van der Waals surface area contributed by atoms with Gasteiger partial charge in [-0.15, -0.1) is 0 Å². The quantitative estimate of drug-likeness (QED) is 0.623. The molecule has 3 aliphatic rings. The third-order valence-corrected chi connectivity index (χ3v) is 6.76. The van der Waals surface area contributed by atoms with E-state index in [1.54, 1.807) is 5.57 Å². The van der Waals surface area contributed by atoms with Crippen LogP contribution in [-0.2, 0) is 15.7 Å². The summed E-state index contributed by atoms with van der Waals surface area (Å²) in [4.78, 5) is 2.55. The smallest absolute Gasteiger partial charge is 0.399 e. The molecule has 2 saturated heterocycles. The molecule has 0 aromatic heterocycles. The molecule has 0 radical (unpaired) electrons. The lowest BCUT2D eigenvalue weighted by atomic mass is 9.78. The van der Waals surface area contributed by atoms with Crippen molar-refractivity contribution in [2.24, 2.45) is 0 Å². The van der Waals surface area contributed by atoms with Gasteiger partial charge in [-0.05, 0) is 71.5 Å². The molecular formula is C21H30BNO2. The van der Waals surface area contributed by atoms with Crippen molar-refractivity contribution in [3.63, 3.8) is 0 Å². The summed E-state index contributed by atoms with van der Waals surface area (Å²) < 4.78 is 12.3. The van der Waals surface area contributed by atoms with Gasteiger partial charge in [0.25, 0.3) is 0 Å². The maximum absolute atomic E-state index is 6.15. The zero-order valence-corrected chi connectivity index (χ0v) is 16.2. The zero-order chi connectivity index (χ0) is 17.8. The van der Waals surface area contributed by atoms with Crippen LogP contribution in [0.5, 0.6) is 0 Å². The molecule has 25 heavy (non-hydrogen) atoms. The third-order valence-electron chi connectivity index (χ3n) is 6.76. The van der Waals surface area contributed by atoms with E-state index in [-0.39, 0.29) is 18.3 Å². The molecule has 3 nitrogen and oxygen atoms in total. The molecular weight excluding hydrogens is 309 g/mol. The van der Waals surface area contributed by atoms with Crippen molar-refractivity contribution in [2.75, 3.05) is 7.05 Å². The first-order valence-corrected chi connectivity index (χ1v) is 9.61. The highest BCUT2D eigenvalue weighted by Crippen LogP contribution is 2.37. The summed E-state index contributed by atoms with van der Waals surface area (Å²) in [5.41, 5.74) is 3.53. The summed E-state index contributed by atoms with van der Waals surface area (Å²) in [7, 11) is 2.01. The first-order valence-electron chi connectivity index (χ1n) is 9.61. The first-order chi connectivity index (χ1) is 11.7. The Kier molecular flexibility index (Phi) is 4.14. The Morgan fingerprint density at radius 1 is 1.04 bits per heavy atom. The molecule has 3 heterocycles. The number of benzene rings is 1. The number of hydrogen-bond donors (Lipinski definition) is 0. The molecule has 2 bridgehead atoms. The van der Waals surface area contributed by atoms with E-state index in [9.17, 15) is 0 Å². The minimum absolute atomic E-state index is 0.266. The largest absolute Gasteiger partial charge is 0.494 e.